The van der Waals surface area contributed by atoms with Gasteiger partial charge in [-0.25, -0.2) is 4.79 Å². The lowest BCUT2D eigenvalue weighted by atomic mass is 10.1. The van der Waals surface area contributed by atoms with Crippen molar-refractivity contribution in [3.63, 3.8) is 0 Å². The normalized spacial score (nSPS) is 10.9. The first-order valence-corrected chi connectivity index (χ1v) is 5.64. The fraction of sp³-hybridized carbons (Fsp3) is 0.545. The van der Waals surface area contributed by atoms with Crippen molar-refractivity contribution in [2.24, 2.45) is 7.05 Å². The molecule has 1 aromatic heterocycles. The first kappa shape index (κ1) is 12.3. The van der Waals surface area contributed by atoms with Gasteiger partial charge in [0.1, 0.15) is 0 Å². The monoisotopic (exact) mass is 273 g/mol. The summed E-state index contributed by atoms with van der Waals surface area (Å²) in [5.41, 5.74) is 2.68. The van der Waals surface area contributed by atoms with E-state index >= 15 is 0 Å². The molecular formula is C11H16BrNO2. The van der Waals surface area contributed by atoms with Gasteiger partial charge in [-0.3, -0.25) is 0 Å². The van der Waals surface area contributed by atoms with Gasteiger partial charge in [-0.2, -0.15) is 0 Å². The maximum atomic E-state index is 11.6. The van der Waals surface area contributed by atoms with E-state index in [0.29, 0.717) is 11.5 Å². The van der Waals surface area contributed by atoms with E-state index in [1.807, 2.05) is 18.5 Å². The molecule has 4 heteroatoms. The molecule has 1 aromatic rings. The third-order valence-corrected chi connectivity index (χ3v) is 3.41. The largest absolute Gasteiger partial charge is 0.465 e. The quantitative estimate of drug-likeness (QED) is 0.776. The summed E-state index contributed by atoms with van der Waals surface area (Å²) in [5.74, 6) is 0.0726. The van der Waals surface area contributed by atoms with E-state index in [0.717, 1.165) is 15.9 Å². The molecule has 0 aliphatic carbocycles. The third kappa shape index (κ3) is 1.95. The van der Waals surface area contributed by atoms with Crippen LogP contribution in [0.2, 0.25) is 0 Å². The number of hydrogen-bond acceptors (Lipinski definition) is 2. The molecule has 0 aliphatic heterocycles. The summed E-state index contributed by atoms with van der Waals surface area (Å²) in [7, 11) is 3.36. The SMILES string of the molecule is COC(=O)c1c(Br)c(C(C)C)n(C)c1C. The number of nitrogens with zero attached hydrogens (tertiary/aromatic N) is 1. The number of halogens is 1. The minimum atomic E-state index is -0.290. The Morgan fingerprint density at radius 2 is 2.00 bits per heavy atom. The minimum Gasteiger partial charge on any atom is -0.465 e. The molecule has 0 saturated carbocycles. The first-order chi connectivity index (χ1) is 6.91. The second-order valence-corrected chi connectivity index (χ2v) is 4.66. The van der Waals surface area contributed by atoms with Gasteiger partial charge >= 0.3 is 5.97 Å². The fourth-order valence-corrected chi connectivity index (χ4v) is 2.94. The van der Waals surface area contributed by atoms with Crippen molar-refractivity contribution in [1.82, 2.24) is 4.57 Å². The lowest BCUT2D eigenvalue weighted by Crippen LogP contribution is -2.03. The fourth-order valence-electron chi connectivity index (χ4n) is 1.76. The van der Waals surface area contributed by atoms with Crippen LogP contribution in [-0.2, 0) is 11.8 Å². The van der Waals surface area contributed by atoms with Crippen LogP contribution in [0.15, 0.2) is 4.47 Å². The Labute approximate surface area is 98.5 Å². The van der Waals surface area contributed by atoms with Crippen LogP contribution < -0.4 is 0 Å². The number of esters is 1. The predicted molar refractivity (Wildman–Crippen MR) is 63.3 cm³/mol. The zero-order valence-corrected chi connectivity index (χ0v) is 11.3. The summed E-state index contributed by atoms with van der Waals surface area (Å²) in [6, 6.07) is 0. The molecule has 0 aromatic carbocycles. The molecule has 0 bridgehead atoms. The van der Waals surface area contributed by atoms with Crippen molar-refractivity contribution >= 4 is 21.9 Å². The molecule has 0 aliphatic rings. The maximum Gasteiger partial charge on any atom is 0.340 e. The van der Waals surface area contributed by atoms with Gasteiger partial charge < -0.3 is 9.30 Å². The maximum absolute atomic E-state index is 11.6. The smallest absolute Gasteiger partial charge is 0.340 e. The summed E-state index contributed by atoms with van der Waals surface area (Å²) in [5, 5.41) is 0. The van der Waals surface area contributed by atoms with Crippen molar-refractivity contribution in [1.29, 1.82) is 0 Å². The molecule has 0 saturated heterocycles. The van der Waals surface area contributed by atoms with E-state index in [2.05, 4.69) is 29.8 Å². The van der Waals surface area contributed by atoms with Crippen molar-refractivity contribution in [2.45, 2.75) is 26.7 Å². The highest BCUT2D eigenvalue weighted by atomic mass is 79.9. The summed E-state index contributed by atoms with van der Waals surface area (Å²) < 4.78 is 7.64. The lowest BCUT2D eigenvalue weighted by Gasteiger charge is -2.08. The van der Waals surface area contributed by atoms with Gasteiger partial charge in [-0.1, -0.05) is 13.8 Å². The van der Waals surface area contributed by atoms with Crippen LogP contribution in [0, 0.1) is 6.92 Å². The highest BCUT2D eigenvalue weighted by Gasteiger charge is 2.23. The highest BCUT2D eigenvalue weighted by Crippen LogP contribution is 2.32. The van der Waals surface area contributed by atoms with Gasteiger partial charge in [-0.05, 0) is 28.8 Å². The Balaban J connectivity index is 3.43. The summed E-state index contributed by atoms with van der Waals surface area (Å²) >= 11 is 3.47. The Morgan fingerprint density at radius 1 is 1.47 bits per heavy atom. The molecule has 0 atom stereocenters. The van der Waals surface area contributed by atoms with Crippen LogP contribution in [-0.4, -0.2) is 17.6 Å². The summed E-state index contributed by atoms with van der Waals surface area (Å²) in [6.45, 7) is 6.12. The van der Waals surface area contributed by atoms with E-state index < -0.39 is 0 Å². The molecule has 0 spiro atoms. The molecule has 0 unspecified atom stereocenters. The molecule has 0 radical (unpaired) electrons. The second kappa shape index (κ2) is 4.39. The van der Waals surface area contributed by atoms with Crippen molar-refractivity contribution in [3.8, 4) is 0 Å². The number of carbonyl (C=O) groups is 1. The highest BCUT2D eigenvalue weighted by molar-refractivity contribution is 9.10. The summed E-state index contributed by atoms with van der Waals surface area (Å²) in [4.78, 5) is 11.6. The molecule has 3 nitrogen and oxygen atoms in total. The Morgan fingerprint density at radius 3 is 2.33 bits per heavy atom. The molecule has 15 heavy (non-hydrogen) atoms. The van der Waals surface area contributed by atoms with Gasteiger partial charge in [0.05, 0.1) is 17.1 Å². The van der Waals surface area contributed by atoms with Crippen LogP contribution in [0.4, 0.5) is 0 Å². The molecule has 84 valence electrons. The van der Waals surface area contributed by atoms with Gasteiger partial charge in [0.2, 0.25) is 0 Å². The average Bonchev–Trinajstić information content (AvgIpc) is 2.37. The van der Waals surface area contributed by atoms with Gasteiger partial charge in [0.25, 0.3) is 0 Å². The first-order valence-electron chi connectivity index (χ1n) is 4.84. The van der Waals surface area contributed by atoms with Crippen molar-refractivity contribution in [2.75, 3.05) is 7.11 Å². The molecule has 0 amide bonds. The zero-order chi connectivity index (χ0) is 11.7. The van der Waals surface area contributed by atoms with E-state index in [1.165, 1.54) is 7.11 Å². The van der Waals surface area contributed by atoms with Crippen LogP contribution in [0.1, 0.15) is 41.5 Å². The molecule has 0 N–H and O–H groups in total. The van der Waals surface area contributed by atoms with Crippen molar-refractivity contribution < 1.29 is 9.53 Å². The van der Waals surface area contributed by atoms with Gasteiger partial charge in [-0.15, -0.1) is 0 Å². The van der Waals surface area contributed by atoms with Gasteiger partial charge in [0.15, 0.2) is 0 Å². The zero-order valence-electron chi connectivity index (χ0n) is 9.72. The Bertz CT molecular complexity index is 394. The predicted octanol–water partition coefficient (Wildman–Crippen LogP) is 3.01. The number of hydrogen-bond donors (Lipinski definition) is 0. The number of methoxy groups -OCH3 is 1. The Kier molecular flexibility index (Phi) is 3.60. The number of ether oxygens (including phenoxy) is 1. The van der Waals surface area contributed by atoms with Gasteiger partial charge in [0, 0.05) is 18.4 Å². The van der Waals surface area contributed by atoms with Crippen LogP contribution >= 0.6 is 15.9 Å². The lowest BCUT2D eigenvalue weighted by molar-refractivity contribution is 0.0599. The topological polar surface area (TPSA) is 31.2 Å². The van der Waals surface area contributed by atoms with E-state index in [9.17, 15) is 4.79 Å². The molecule has 0 fully saturated rings. The molecular weight excluding hydrogens is 258 g/mol. The van der Waals surface area contributed by atoms with Crippen LogP contribution in [0.5, 0.6) is 0 Å². The molecule has 1 rings (SSSR count). The number of aromatic nitrogens is 1. The van der Waals surface area contributed by atoms with E-state index in [4.69, 9.17) is 4.74 Å². The van der Waals surface area contributed by atoms with Crippen LogP contribution in [0.3, 0.4) is 0 Å². The van der Waals surface area contributed by atoms with E-state index in [1.54, 1.807) is 0 Å². The van der Waals surface area contributed by atoms with Crippen LogP contribution in [0.25, 0.3) is 0 Å². The molecule has 1 heterocycles. The average molecular weight is 274 g/mol. The number of rotatable bonds is 2. The standard InChI is InChI=1S/C11H16BrNO2/c1-6(2)10-9(12)8(11(14)15-5)7(3)13(10)4/h6H,1-5H3. The number of carbonyl (C=O) groups excluding carboxylic acids is 1. The summed E-state index contributed by atoms with van der Waals surface area (Å²) in [6.07, 6.45) is 0. The minimum absolute atomic E-state index is 0.290. The third-order valence-electron chi connectivity index (χ3n) is 2.61. The second-order valence-electron chi connectivity index (χ2n) is 3.86. The Hall–Kier alpha value is -0.770. The van der Waals surface area contributed by atoms with Crippen molar-refractivity contribution in [3.05, 3.63) is 21.4 Å². The van der Waals surface area contributed by atoms with E-state index in [-0.39, 0.29) is 5.97 Å².